The van der Waals surface area contributed by atoms with Crippen molar-refractivity contribution in [3.63, 3.8) is 0 Å². The molecule has 0 aliphatic heterocycles. The van der Waals surface area contributed by atoms with Crippen molar-refractivity contribution < 1.29 is 4.74 Å². The Morgan fingerprint density at radius 2 is 1.85 bits per heavy atom. The summed E-state index contributed by atoms with van der Waals surface area (Å²) in [6.07, 6.45) is 6.55. The first-order chi connectivity index (χ1) is 9.69. The van der Waals surface area contributed by atoms with Gasteiger partial charge in [-0.05, 0) is 55.7 Å². The third-order valence-corrected chi connectivity index (χ3v) is 4.37. The molecule has 0 spiro atoms. The zero-order chi connectivity index (χ0) is 14.4. The van der Waals surface area contributed by atoms with Crippen molar-refractivity contribution >= 4 is 0 Å². The Balaban J connectivity index is 1.81. The molecule has 0 saturated heterocycles. The molecule has 2 nitrogen and oxygen atoms in total. The van der Waals surface area contributed by atoms with E-state index in [2.05, 4.69) is 50.4 Å². The van der Waals surface area contributed by atoms with E-state index in [-0.39, 0.29) is 0 Å². The van der Waals surface area contributed by atoms with Gasteiger partial charge in [-0.3, -0.25) is 0 Å². The summed E-state index contributed by atoms with van der Waals surface area (Å²) < 4.78 is 5.63. The first kappa shape index (κ1) is 15.4. The van der Waals surface area contributed by atoms with E-state index < -0.39 is 0 Å². The highest BCUT2D eigenvalue weighted by Crippen LogP contribution is 2.49. The summed E-state index contributed by atoms with van der Waals surface area (Å²) in [4.78, 5) is 0. The van der Waals surface area contributed by atoms with Gasteiger partial charge in [-0.15, -0.1) is 0 Å². The van der Waals surface area contributed by atoms with Crippen LogP contribution in [0.25, 0.3) is 0 Å². The molecule has 2 rings (SSSR count). The Labute approximate surface area is 123 Å². The predicted molar refractivity (Wildman–Crippen MR) is 85.2 cm³/mol. The summed E-state index contributed by atoms with van der Waals surface area (Å²) in [5.74, 6) is 0.979. The van der Waals surface area contributed by atoms with Gasteiger partial charge in [0.1, 0.15) is 5.75 Å². The monoisotopic (exact) mass is 275 g/mol. The van der Waals surface area contributed by atoms with E-state index in [1.807, 2.05) is 0 Å². The third-order valence-electron chi connectivity index (χ3n) is 4.37. The zero-order valence-electron chi connectivity index (χ0n) is 13.2. The van der Waals surface area contributed by atoms with E-state index in [4.69, 9.17) is 4.74 Å². The average Bonchev–Trinajstić information content (AvgIpc) is 3.24. The summed E-state index contributed by atoms with van der Waals surface area (Å²) in [6.45, 7) is 8.63. The Kier molecular flexibility index (Phi) is 5.47. The standard InChI is InChI=1S/C18H29NO/c1-4-10-18(11-12-18)14-19-15(3)16-6-8-17(9-7-16)20-13-5-2/h6-9,15,19H,4-5,10-14H2,1-3H3. The number of rotatable bonds is 9. The molecule has 1 N–H and O–H groups in total. The molecule has 112 valence electrons. The van der Waals surface area contributed by atoms with Gasteiger partial charge in [0.25, 0.3) is 0 Å². The first-order valence-corrected chi connectivity index (χ1v) is 8.15. The molecular formula is C18H29NO. The van der Waals surface area contributed by atoms with Gasteiger partial charge in [0.2, 0.25) is 0 Å². The summed E-state index contributed by atoms with van der Waals surface area (Å²) in [5, 5.41) is 3.71. The molecule has 0 bridgehead atoms. The second-order valence-electron chi connectivity index (χ2n) is 6.27. The Morgan fingerprint density at radius 3 is 2.40 bits per heavy atom. The lowest BCUT2D eigenvalue weighted by Gasteiger charge is -2.20. The molecule has 1 aromatic rings. The average molecular weight is 275 g/mol. The van der Waals surface area contributed by atoms with Gasteiger partial charge in [-0.2, -0.15) is 0 Å². The number of nitrogens with one attached hydrogen (secondary N) is 1. The maximum absolute atomic E-state index is 5.63. The van der Waals surface area contributed by atoms with Crippen LogP contribution < -0.4 is 10.1 Å². The van der Waals surface area contributed by atoms with Crippen molar-refractivity contribution in [2.45, 2.75) is 58.9 Å². The van der Waals surface area contributed by atoms with Gasteiger partial charge >= 0.3 is 0 Å². The lowest BCUT2D eigenvalue weighted by molar-refractivity contribution is 0.317. The molecule has 0 radical (unpaired) electrons. The molecule has 20 heavy (non-hydrogen) atoms. The van der Waals surface area contributed by atoms with Crippen molar-refractivity contribution in [2.75, 3.05) is 13.2 Å². The SMILES string of the molecule is CCCOc1ccc(C(C)NCC2(CCC)CC2)cc1. The van der Waals surface area contributed by atoms with Gasteiger partial charge in [0.05, 0.1) is 6.61 Å². The molecule has 1 saturated carbocycles. The van der Waals surface area contributed by atoms with E-state index in [9.17, 15) is 0 Å². The van der Waals surface area contributed by atoms with E-state index >= 15 is 0 Å². The summed E-state index contributed by atoms with van der Waals surface area (Å²) in [5.41, 5.74) is 1.97. The van der Waals surface area contributed by atoms with Crippen LogP contribution in [0.15, 0.2) is 24.3 Å². The molecule has 1 aliphatic rings. The number of benzene rings is 1. The van der Waals surface area contributed by atoms with Gasteiger partial charge in [-0.25, -0.2) is 0 Å². The van der Waals surface area contributed by atoms with Crippen LogP contribution in [0.4, 0.5) is 0 Å². The minimum absolute atomic E-state index is 0.421. The molecular weight excluding hydrogens is 246 g/mol. The third kappa shape index (κ3) is 4.24. The summed E-state index contributed by atoms with van der Waals surface area (Å²) in [6, 6.07) is 8.96. The van der Waals surface area contributed by atoms with E-state index in [0.29, 0.717) is 11.5 Å². The van der Waals surface area contributed by atoms with Crippen molar-refractivity contribution in [3.8, 4) is 5.75 Å². The van der Waals surface area contributed by atoms with E-state index in [1.165, 1.54) is 31.2 Å². The van der Waals surface area contributed by atoms with Crippen LogP contribution >= 0.6 is 0 Å². The largest absolute Gasteiger partial charge is 0.494 e. The smallest absolute Gasteiger partial charge is 0.119 e. The van der Waals surface area contributed by atoms with E-state index in [0.717, 1.165) is 25.3 Å². The molecule has 1 fully saturated rings. The summed E-state index contributed by atoms with van der Waals surface area (Å²) in [7, 11) is 0. The fourth-order valence-corrected chi connectivity index (χ4v) is 2.78. The van der Waals surface area contributed by atoms with Gasteiger partial charge in [0.15, 0.2) is 0 Å². The van der Waals surface area contributed by atoms with Crippen molar-refractivity contribution in [1.29, 1.82) is 0 Å². The molecule has 1 aromatic carbocycles. The lowest BCUT2D eigenvalue weighted by atomic mass is 9.99. The molecule has 1 aliphatic carbocycles. The van der Waals surface area contributed by atoms with Gasteiger partial charge in [0, 0.05) is 12.6 Å². The first-order valence-electron chi connectivity index (χ1n) is 8.15. The quantitative estimate of drug-likeness (QED) is 0.705. The fourth-order valence-electron chi connectivity index (χ4n) is 2.78. The van der Waals surface area contributed by atoms with Crippen molar-refractivity contribution in [1.82, 2.24) is 5.32 Å². The molecule has 2 heteroatoms. The highest BCUT2D eigenvalue weighted by molar-refractivity contribution is 5.29. The molecule has 0 aromatic heterocycles. The molecule has 0 heterocycles. The molecule has 1 atom stereocenters. The van der Waals surface area contributed by atoms with Crippen LogP contribution in [0.5, 0.6) is 5.75 Å². The maximum atomic E-state index is 5.63. The highest BCUT2D eigenvalue weighted by atomic mass is 16.5. The van der Waals surface area contributed by atoms with Crippen LogP contribution in [0, 0.1) is 5.41 Å². The minimum atomic E-state index is 0.421. The van der Waals surface area contributed by atoms with Crippen LogP contribution in [-0.2, 0) is 0 Å². The lowest BCUT2D eigenvalue weighted by Crippen LogP contribution is -2.26. The van der Waals surface area contributed by atoms with Crippen molar-refractivity contribution in [3.05, 3.63) is 29.8 Å². The van der Waals surface area contributed by atoms with Crippen LogP contribution in [0.1, 0.15) is 64.5 Å². The normalized spacial score (nSPS) is 17.8. The topological polar surface area (TPSA) is 21.3 Å². The van der Waals surface area contributed by atoms with Gasteiger partial charge < -0.3 is 10.1 Å². The van der Waals surface area contributed by atoms with E-state index in [1.54, 1.807) is 0 Å². The van der Waals surface area contributed by atoms with Crippen molar-refractivity contribution in [2.24, 2.45) is 5.41 Å². The predicted octanol–water partition coefficient (Wildman–Crippen LogP) is 4.71. The minimum Gasteiger partial charge on any atom is -0.494 e. The Morgan fingerprint density at radius 1 is 1.15 bits per heavy atom. The maximum Gasteiger partial charge on any atom is 0.119 e. The highest BCUT2D eigenvalue weighted by Gasteiger charge is 2.41. The Hall–Kier alpha value is -1.02. The van der Waals surface area contributed by atoms with Gasteiger partial charge in [-0.1, -0.05) is 32.4 Å². The number of hydrogen-bond acceptors (Lipinski definition) is 2. The number of hydrogen-bond donors (Lipinski definition) is 1. The zero-order valence-corrected chi connectivity index (χ0v) is 13.2. The second kappa shape index (κ2) is 7.12. The second-order valence-corrected chi connectivity index (χ2v) is 6.27. The van der Waals surface area contributed by atoms with Crippen LogP contribution in [0.2, 0.25) is 0 Å². The Bertz CT molecular complexity index is 394. The fraction of sp³-hybridized carbons (Fsp3) is 0.667. The number of ether oxygens (including phenoxy) is 1. The summed E-state index contributed by atoms with van der Waals surface area (Å²) >= 11 is 0. The van der Waals surface area contributed by atoms with Crippen LogP contribution in [0.3, 0.4) is 0 Å². The molecule has 1 unspecified atom stereocenters. The molecule has 0 amide bonds. The van der Waals surface area contributed by atoms with Crippen LogP contribution in [-0.4, -0.2) is 13.2 Å².